The summed E-state index contributed by atoms with van der Waals surface area (Å²) in [5, 5.41) is 0. The molecular formula is C14H17F7N+. The van der Waals surface area contributed by atoms with Crippen LogP contribution in [0.25, 0.3) is 0 Å². The van der Waals surface area contributed by atoms with E-state index in [1.807, 2.05) is 6.92 Å². The average Bonchev–Trinajstić information content (AvgIpc) is 2.40. The fourth-order valence-corrected chi connectivity index (χ4v) is 2.09. The predicted octanol–water partition coefficient (Wildman–Crippen LogP) is 4.22. The first kappa shape index (κ1) is 18.7. The number of hydrogen-bond acceptors (Lipinski definition) is 0. The highest BCUT2D eigenvalue weighted by Crippen LogP contribution is 2.32. The van der Waals surface area contributed by atoms with Crippen molar-refractivity contribution < 1.29 is 35.6 Å². The van der Waals surface area contributed by atoms with Crippen LogP contribution in [0, 0.1) is 11.6 Å². The molecule has 0 fully saturated rings. The fourth-order valence-electron chi connectivity index (χ4n) is 2.09. The molecule has 1 aromatic rings. The minimum absolute atomic E-state index is 0.0464. The number of alkyl halides is 5. The van der Waals surface area contributed by atoms with Crippen molar-refractivity contribution in [3.63, 3.8) is 0 Å². The molecule has 1 unspecified atom stereocenters. The molecule has 0 aliphatic carbocycles. The third-order valence-corrected chi connectivity index (χ3v) is 3.27. The van der Waals surface area contributed by atoms with Gasteiger partial charge in [0.15, 0.2) is 11.5 Å². The highest BCUT2D eigenvalue weighted by atomic mass is 19.4. The van der Waals surface area contributed by atoms with Crippen LogP contribution in [-0.4, -0.2) is 18.8 Å². The molecule has 22 heavy (non-hydrogen) atoms. The first-order valence-corrected chi connectivity index (χ1v) is 6.87. The Morgan fingerprint density at radius 1 is 0.955 bits per heavy atom. The van der Waals surface area contributed by atoms with Crippen LogP contribution in [0.15, 0.2) is 18.2 Å². The molecule has 0 saturated heterocycles. The van der Waals surface area contributed by atoms with E-state index >= 15 is 0 Å². The Hall–Kier alpha value is -1.31. The van der Waals surface area contributed by atoms with Gasteiger partial charge >= 0.3 is 12.2 Å². The second-order valence-corrected chi connectivity index (χ2v) is 4.99. The summed E-state index contributed by atoms with van der Waals surface area (Å²) >= 11 is 0. The monoisotopic (exact) mass is 332 g/mol. The summed E-state index contributed by atoms with van der Waals surface area (Å²) in [6.45, 7) is 1.20. The number of quaternary nitrogens is 1. The van der Waals surface area contributed by atoms with Crippen molar-refractivity contribution in [1.82, 2.24) is 0 Å². The lowest BCUT2D eigenvalue weighted by Crippen LogP contribution is -3.16. The lowest BCUT2D eigenvalue weighted by atomic mass is 10.1. The molecule has 0 aliphatic rings. The first-order chi connectivity index (χ1) is 10.1. The lowest BCUT2D eigenvalue weighted by molar-refractivity contribution is -0.951. The van der Waals surface area contributed by atoms with Crippen LogP contribution in [-0.2, 0) is 0 Å². The summed E-state index contributed by atoms with van der Waals surface area (Å²) in [7, 11) is 0. The maximum Gasteiger partial charge on any atom is 0.515 e. The number of benzene rings is 1. The largest absolute Gasteiger partial charge is 0.515 e. The predicted molar refractivity (Wildman–Crippen MR) is 67.0 cm³/mol. The van der Waals surface area contributed by atoms with E-state index in [1.165, 1.54) is 0 Å². The second-order valence-electron chi connectivity index (χ2n) is 4.99. The van der Waals surface area contributed by atoms with Crippen LogP contribution in [0.3, 0.4) is 0 Å². The Labute approximate surface area is 123 Å². The molecule has 0 saturated carbocycles. The van der Waals surface area contributed by atoms with Crippen LogP contribution in [0.2, 0.25) is 0 Å². The van der Waals surface area contributed by atoms with Gasteiger partial charge in [-0.1, -0.05) is 19.8 Å². The second kappa shape index (κ2) is 7.30. The quantitative estimate of drug-likeness (QED) is 0.433. The van der Waals surface area contributed by atoms with E-state index in [0.717, 1.165) is 6.42 Å². The van der Waals surface area contributed by atoms with Gasteiger partial charge in [0.25, 0.3) is 0 Å². The van der Waals surface area contributed by atoms with Gasteiger partial charge in [0.2, 0.25) is 0 Å². The molecule has 0 bridgehead atoms. The van der Waals surface area contributed by atoms with Crippen molar-refractivity contribution in [2.75, 3.05) is 6.54 Å². The molecule has 8 heteroatoms. The molecule has 1 atom stereocenters. The average molecular weight is 332 g/mol. The van der Waals surface area contributed by atoms with Crippen LogP contribution >= 0.6 is 0 Å². The van der Waals surface area contributed by atoms with Gasteiger partial charge in [-0.05, 0) is 25.0 Å². The molecule has 0 heterocycles. The maximum absolute atomic E-state index is 13.7. The van der Waals surface area contributed by atoms with Crippen LogP contribution < -0.4 is 4.90 Å². The van der Waals surface area contributed by atoms with Crippen molar-refractivity contribution in [3.8, 4) is 0 Å². The summed E-state index contributed by atoms with van der Waals surface area (Å²) in [6.07, 6.45) is -3.95. The number of halogens is 7. The van der Waals surface area contributed by atoms with Gasteiger partial charge in [0.05, 0.1) is 6.54 Å². The van der Waals surface area contributed by atoms with Gasteiger partial charge in [-0.2, -0.15) is 13.2 Å². The number of nitrogens with one attached hydrogen (secondary N) is 1. The summed E-state index contributed by atoms with van der Waals surface area (Å²) in [4.78, 5) is -1.42. The third kappa shape index (κ3) is 4.34. The Bertz CT molecular complexity index is 485. The van der Waals surface area contributed by atoms with Crippen LogP contribution in [0.5, 0.6) is 0 Å². The normalized spacial score (nSPS) is 14.2. The SMILES string of the molecule is CCCCCC[NH+](c1cc(F)ccc1F)C(F)(F)C(F)(F)F. The van der Waals surface area contributed by atoms with Gasteiger partial charge in [-0.25, -0.2) is 13.7 Å². The van der Waals surface area contributed by atoms with E-state index < -0.39 is 41.0 Å². The van der Waals surface area contributed by atoms with Crippen molar-refractivity contribution in [2.45, 2.75) is 44.8 Å². The van der Waals surface area contributed by atoms with E-state index in [-0.39, 0.29) is 6.42 Å². The smallest absolute Gasteiger partial charge is 0.231 e. The van der Waals surface area contributed by atoms with Crippen LogP contribution in [0.4, 0.5) is 36.4 Å². The van der Waals surface area contributed by atoms with Gasteiger partial charge in [0.1, 0.15) is 5.82 Å². The van der Waals surface area contributed by atoms with Gasteiger partial charge in [-0.15, -0.1) is 8.78 Å². The molecule has 0 radical (unpaired) electrons. The third-order valence-electron chi connectivity index (χ3n) is 3.27. The molecule has 1 aromatic carbocycles. The van der Waals surface area contributed by atoms with Gasteiger partial charge in [-0.3, -0.25) is 0 Å². The maximum atomic E-state index is 13.7. The van der Waals surface area contributed by atoms with E-state index in [1.54, 1.807) is 0 Å². The standard InChI is InChI=1S/C14H16F7N/c1-2-3-4-5-8-22(14(20,21)13(17,18)19)12-9-10(15)6-7-11(12)16/h6-7,9H,2-5,8H2,1H3/p+1. The topological polar surface area (TPSA) is 4.44 Å². The van der Waals surface area contributed by atoms with Crippen LogP contribution in [0.1, 0.15) is 32.6 Å². The zero-order valence-electron chi connectivity index (χ0n) is 11.9. The number of rotatable bonds is 7. The van der Waals surface area contributed by atoms with E-state index in [4.69, 9.17) is 0 Å². The summed E-state index contributed by atoms with van der Waals surface area (Å²) in [5.41, 5.74) is -1.01. The molecule has 1 rings (SSSR count). The molecule has 0 spiro atoms. The van der Waals surface area contributed by atoms with Crippen molar-refractivity contribution in [3.05, 3.63) is 29.8 Å². The van der Waals surface area contributed by atoms with Crippen molar-refractivity contribution >= 4 is 5.69 Å². The van der Waals surface area contributed by atoms with Gasteiger partial charge < -0.3 is 0 Å². The van der Waals surface area contributed by atoms with Gasteiger partial charge in [0, 0.05) is 6.07 Å². The summed E-state index contributed by atoms with van der Waals surface area (Å²) < 4.78 is 91.8. The molecule has 0 aliphatic heterocycles. The number of unbranched alkanes of at least 4 members (excludes halogenated alkanes) is 3. The molecule has 1 N–H and O–H groups in total. The summed E-state index contributed by atoms with van der Waals surface area (Å²) in [6, 6.07) is -3.61. The zero-order chi connectivity index (χ0) is 17.0. The Morgan fingerprint density at radius 3 is 2.14 bits per heavy atom. The molecule has 0 aromatic heterocycles. The molecule has 1 nitrogen and oxygen atoms in total. The minimum atomic E-state index is -5.86. The Morgan fingerprint density at radius 2 is 1.59 bits per heavy atom. The fraction of sp³-hybridized carbons (Fsp3) is 0.571. The molecule has 126 valence electrons. The molecule has 0 amide bonds. The zero-order valence-corrected chi connectivity index (χ0v) is 11.9. The highest BCUT2D eigenvalue weighted by Gasteiger charge is 2.67. The lowest BCUT2D eigenvalue weighted by Gasteiger charge is -2.28. The van der Waals surface area contributed by atoms with E-state index in [0.29, 0.717) is 31.0 Å². The Balaban J connectivity index is 3.13. The van der Waals surface area contributed by atoms with Crippen molar-refractivity contribution in [2.24, 2.45) is 0 Å². The molecular weight excluding hydrogens is 315 g/mol. The Kier molecular flexibility index (Phi) is 6.22. The van der Waals surface area contributed by atoms with E-state index in [2.05, 4.69) is 0 Å². The number of hydrogen-bond donors (Lipinski definition) is 1. The minimum Gasteiger partial charge on any atom is -0.231 e. The van der Waals surface area contributed by atoms with E-state index in [9.17, 15) is 30.7 Å². The summed E-state index contributed by atoms with van der Waals surface area (Å²) in [5.74, 6) is -2.36. The van der Waals surface area contributed by atoms with Crippen molar-refractivity contribution in [1.29, 1.82) is 0 Å². The first-order valence-electron chi connectivity index (χ1n) is 6.87. The highest BCUT2D eigenvalue weighted by molar-refractivity contribution is 5.31.